The predicted molar refractivity (Wildman–Crippen MR) is 71.6 cm³/mol. The topological polar surface area (TPSA) is 52.7 Å². The molecule has 0 aromatic carbocycles. The van der Waals surface area contributed by atoms with Crippen molar-refractivity contribution in [2.45, 2.75) is 26.8 Å². The standard InChI is InChI=1S/C12H15BrN4O/c1-4-10-8(7-16(3)15-10)12(18)11-9(13)6-14-17(11)5-2/h6-7H,4-5H2,1-3H3. The van der Waals surface area contributed by atoms with Gasteiger partial charge in [0.2, 0.25) is 5.78 Å². The zero-order chi connectivity index (χ0) is 13.3. The number of rotatable bonds is 4. The fraction of sp³-hybridized carbons (Fsp3) is 0.417. The van der Waals surface area contributed by atoms with Crippen molar-refractivity contribution in [3.05, 3.63) is 33.8 Å². The van der Waals surface area contributed by atoms with Gasteiger partial charge in [0.25, 0.3) is 0 Å². The van der Waals surface area contributed by atoms with Crippen LogP contribution in [0.4, 0.5) is 0 Å². The molecule has 0 N–H and O–H groups in total. The van der Waals surface area contributed by atoms with Gasteiger partial charge in [-0.05, 0) is 29.3 Å². The molecule has 0 fully saturated rings. The van der Waals surface area contributed by atoms with Crippen LogP contribution in [-0.2, 0) is 20.0 Å². The molecule has 0 radical (unpaired) electrons. The Morgan fingerprint density at radius 3 is 2.78 bits per heavy atom. The zero-order valence-corrected chi connectivity index (χ0v) is 12.2. The lowest BCUT2D eigenvalue weighted by molar-refractivity contribution is 0.102. The van der Waals surface area contributed by atoms with Gasteiger partial charge in [-0.2, -0.15) is 10.2 Å². The van der Waals surface area contributed by atoms with Crippen molar-refractivity contribution in [1.29, 1.82) is 0 Å². The second-order valence-corrected chi connectivity index (χ2v) is 4.86. The Morgan fingerprint density at radius 1 is 1.44 bits per heavy atom. The van der Waals surface area contributed by atoms with Gasteiger partial charge in [-0.1, -0.05) is 6.92 Å². The van der Waals surface area contributed by atoms with E-state index in [4.69, 9.17) is 0 Å². The Hall–Kier alpha value is -1.43. The van der Waals surface area contributed by atoms with Crippen molar-refractivity contribution in [3.63, 3.8) is 0 Å². The van der Waals surface area contributed by atoms with Crippen molar-refractivity contribution in [3.8, 4) is 0 Å². The molecule has 18 heavy (non-hydrogen) atoms. The molecule has 0 unspecified atom stereocenters. The molecular weight excluding hydrogens is 296 g/mol. The molecule has 0 spiro atoms. The third-order valence-electron chi connectivity index (χ3n) is 2.79. The van der Waals surface area contributed by atoms with Crippen molar-refractivity contribution in [2.24, 2.45) is 7.05 Å². The summed E-state index contributed by atoms with van der Waals surface area (Å²) in [6.07, 6.45) is 4.15. The summed E-state index contributed by atoms with van der Waals surface area (Å²) in [6.45, 7) is 4.61. The van der Waals surface area contributed by atoms with Gasteiger partial charge < -0.3 is 0 Å². The van der Waals surface area contributed by atoms with Crippen LogP contribution in [0.2, 0.25) is 0 Å². The highest BCUT2D eigenvalue weighted by atomic mass is 79.9. The van der Waals surface area contributed by atoms with Gasteiger partial charge in [-0.3, -0.25) is 14.2 Å². The third-order valence-corrected chi connectivity index (χ3v) is 3.37. The van der Waals surface area contributed by atoms with Crippen LogP contribution >= 0.6 is 15.9 Å². The number of aromatic nitrogens is 4. The molecule has 0 atom stereocenters. The number of hydrogen-bond donors (Lipinski definition) is 0. The first kappa shape index (κ1) is 13.0. The summed E-state index contributed by atoms with van der Waals surface area (Å²) in [6, 6.07) is 0. The van der Waals surface area contributed by atoms with Gasteiger partial charge in [0, 0.05) is 19.8 Å². The average molecular weight is 311 g/mol. The van der Waals surface area contributed by atoms with Crippen molar-refractivity contribution < 1.29 is 4.79 Å². The fourth-order valence-electron chi connectivity index (χ4n) is 1.94. The summed E-state index contributed by atoms with van der Waals surface area (Å²) >= 11 is 3.38. The van der Waals surface area contributed by atoms with Gasteiger partial charge >= 0.3 is 0 Å². The average Bonchev–Trinajstić information content (AvgIpc) is 2.91. The number of halogens is 1. The van der Waals surface area contributed by atoms with Gasteiger partial charge in [0.1, 0.15) is 5.69 Å². The van der Waals surface area contributed by atoms with Crippen LogP contribution in [0.25, 0.3) is 0 Å². The van der Waals surface area contributed by atoms with Gasteiger partial charge in [0.05, 0.1) is 21.9 Å². The first-order valence-electron chi connectivity index (χ1n) is 5.87. The highest BCUT2D eigenvalue weighted by Crippen LogP contribution is 2.21. The third kappa shape index (κ3) is 2.12. The van der Waals surface area contributed by atoms with E-state index >= 15 is 0 Å². The minimum Gasteiger partial charge on any atom is -0.287 e. The van der Waals surface area contributed by atoms with Gasteiger partial charge in [-0.25, -0.2) is 0 Å². The number of ketones is 1. The van der Waals surface area contributed by atoms with E-state index in [0.717, 1.165) is 16.6 Å². The highest BCUT2D eigenvalue weighted by Gasteiger charge is 2.22. The van der Waals surface area contributed by atoms with Crippen molar-refractivity contribution in [2.75, 3.05) is 0 Å². The molecule has 5 nitrogen and oxygen atoms in total. The SMILES string of the molecule is CCc1nn(C)cc1C(=O)c1c(Br)cnn1CC. The molecule has 0 amide bonds. The first-order valence-corrected chi connectivity index (χ1v) is 6.66. The van der Waals surface area contributed by atoms with E-state index in [1.54, 1.807) is 21.8 Å². The van der Waals surface area contributed by atoms with Crippen LogP contribution in [0.1, 0.15) is 35.6 Å². The lowest BCUT2D eigenvalue weighted by Gasteiger charge is -2.04. The lowest BCUT2D eigenvalue weighted by atomic mass is 10.1. The minimum atomic E-state index is -0.0359. The molecule has 0 aliphatic rings. The molecule has 0 bridgehead atoms. The molecule has 0 aliphatic heterocycles. The fourth-order valence-corrected chi connectivity index (χ4v) is 2.42. The van der Waals surface area contributed by atoms with Crippen LogP contribution < -0.4 is 0 Å². The molecule has 2 aromatic heterocycles. The van der Waals surface area contributed by atoms with E-state index in [-0.39, 0.29) is 5.78 Å². The second kappa shape index (κ2) is 5.06. The van der Waals surface area contributed by atoms with E-state index in [0.29, 0.717) is 17.8 Å². The van der Waals surface area contributed by atoms with Gasteiger partial charge in [-0.15, -0.1) is 0 Å². The summed E-state index contributed by atoms with van der Waals surface area (Å²) in [4.78, 5) is 12.6. The maximum absolute atomic E-state index is 12.6. The van der Waals surface area contributed by atoms with Crippen molar-refractivity contribution in [1.82, 2.24) is 19.6 Å². The van der Waals surface area contributed by atoms with Crippen LogP contribution in [-0.4, -0.2) is 25.3 Å². The summed E-state index contributed by atoms with van der Waals surface area (Å²) in [5.41, 5.74) is 2.05. The largest absolute Gasteiger partial charge is 0.287 e. The highest BCUT2D eigenvalue weighted by molar-refractivity contribution is 9.10. The maximum Gasteiger partial charge on any atom is 0.215 e. The zero-order valence-electron chi connectivity index (χ0n) is 10.6. The molecular formula is C12H15BrN4O. The second-order valence-electron chi connectivity index (χ2n) is 4.00. The normalized spacial score (nSPS) is 10.9. The number of hydrogen-bond acceptors (Lipinski definition) is 3. The van der Waals surface area contributed by atoms with Gasteiger partial charge in [0.15, 0.2) is 0 Å². The van der Waals surface area contributed by atoms with E-state index < -0.39 is 0 Å². The first-order chi connectivity index (χ1) is 8.58. The Morgan fingerprint density at radius 2 is 2.17 bits per heavy atom. The number of carbonyl (C=O) groups excluding carboxylic acids is 1. The molecule has 0 aliphatic carbocycles. The summed E-state index contributed by atoms with van der Waals surface area (Å²) in [5, 5.41) is 8.46. The Labute approximate surface area is 114 Å². The summed E-state index contributed by atoms with van der Waals surface area (Å²) < 4.78 is 4.09. The van der Waals surface area contributed by atoms with E-state index in [2.05, 4.69) is 26.1 Å². The minimum absolute atomic E-state index is 0.0359. The van der Waals surface area contributed by atoms with Crippen LogP contribution in [0, 0.1) is 0 Å². The molecule has 6 heteroatoms. The monoisotopic (exact) mass is 310 g/mol. The van der Waals surface area contributed by atoms with Crippen LogP contribution in [0.3, 0.4) is 0 Å². The summed E-state index contributed by atoms with van der Waals surface area (Å²) in [5.74, 6) is -0.0359. The van der Waals surface area contributed by atoms with E-state index in [1.165, 1.54) is 0 Å². The van der Waals surface area contributed by atoms with E-state index in [1.807, 2.05) is 20.9 Å². The maximum atomic E-state index is 12.6. The molecule has 0 saturated carbocycles. The van der Waals surface area contributed by atoms with Crippen molar-refractivity contribution >= 4 is 21.7 Å². The lowest BCUT2D eigenvalue weighted by Crippen LogP contribution is -2.12. The van der Waals surface area contributed by atoms with Crippen LogP contribution in [0.5, 0.6) is 0 Å². The number of carbonyl (C=O) groups is 1. The number of nitrogens with zero attached hydrogens (tertiary/aromatic N) is 4. The Kier molecular flexibility index (Phi) is 3.65. The Balaban J connectivity index is 2.50. The molecule has 2 heterocycles. The smallest absolute Gasteiger partial charge is 0.215 e. The predicted octanol–water partition coefficient (Wildman–Crippen LogP) is 2.19. The molecule has 2 rings (SSSR count). The molecule has 2 aromatic rings. The number of aryl methyl sites for hydroxylation is 3. The Bertz CT molecular complexity index is 585. The van der Waals surface area contributed by atoms with Crippen LogP contribution in [0.15, 0.2) is 16.9 Å². The molecule has 0 saturated heterocycles. The molecule has 96 valence electrons. The summed E-state index contributed by atoms with van der Waals surface area (Å²) in [7, 11) is 1.82. The quantitative estimate of drug-likeness (QED) is 0.813. The van der Waals surface area contributed by atoms with E-state index in [9.17, 15) is 4.79 Å².